The molecule has 5 nitrogen and oxygen atoms in total. The molecule has 3 heterocycles. The predicted octanol–water partition coefficient (Wildman–Crippen LogP) is 2.97. The van der Waals surface area contributed by atoms with Crippen molar-refractivity contribution in [2.75, 3.05) is 19.0 Å². The molecule has 1 saturated heterocycles. The van der Waals surface area contributed by atoms with Crippen LogP contribution in [0.4, 0.5) is 5.69 Å². The Morgan fingerprint density at radius 2 is 2.19 bits per heavy atom. The molecule has 1 fully saturated rings. The number of ether oxygens (including phenoxy) is 1. The van der Waals surface area contributed by atoms with Gasteiger partial charge in [-0.3, -0.25) is 4.79 Å². The highest BCUT2D eigenvalue weighted by atomic mass is 35.5. The number of hydrogen-bond acceptors (Lipinski definition) is 4. The number of benzene rings is 1. The predicted molar refractivity (Wildman–Crippen MR) is 102 cm³/mol. The normalized spacial score (nSPS) is 34.0. The van der Waals surface area contributed by atoms with E-state index in [9.17, 15) is 9.59 Å². The third kappa shape index (κ3) is 1.85. The van der Waals surface area contributed by atoms with E-state index in [0.717, 1.165) is 23.4 Å². The summed E-state index contributed by atoms with van der Waals surface area (Å²) in [5, 5.41) is 3.25. The summed E-state index contributed by atoms with van der Waals surface area (Å²) in [5.41, 5.74) is 2.69. The Morgan fingerprint density at radius 1 is 1.41 bits per heavy atom. The lowest BCUT2D eigenvalue weighted by atomic mass is 9.55. The summed E-state index contributed by atoms with van der Waals surface area (Å²) in [6, 6.07) is 8.01. The Hall–Kier alpha value is -2.27. The summed E-state index contributed by atoms with van der Waals surface area (Å²) in [6.07, 6.45) is 4.79. The molecule has 1 aliphatic carbocycles. The van der Waals surface area contributed by atoms with Crippen molar-refractivity contribution in [1.29, 1.82) is 0 Å². The highest BCUT2D eigenvalue weighted by Crippen LogP contribution is 2.64. The molecule has 1 aromatic rings. The van der Waals surface area contributed by atoms with Crippen LogP contribution in [0, 0.1) is 5.41 Å². The highest BCUT2D eigenvalue weighted by molar-refractivity contribution is 6.21. The van der Waals surface area contributed by atoms with Gasteiger partial charge in [-0.1, -0.05) is 24.3 Å². The van der Waals surface area contributed by atoms with Gasteiger partial charge in [0.2, 0.25) is 5.91 Å². The molecule has 4 aliphatic rings. The van der Waals surface area contributed by atoms with Gasteiger partial charge in [0.15, 0.2) is 0 Å². The maximum atomic E-state index is 12.8. The first-order valence-electron chi connectivity index (χ1n) is 9.28. The summed E-state index contributed by atoms with van der Waals surface area (Å²) in [6.45, 7) is 2.60. The van der Waals surface area contributed by atoms with Crippen LogP contribution in [0.5, 0.6) is 0 Å². The molecule has 1 aromatic carbocycles. The van der Waals surface area contributed by atoms with E-state index in [1.54, 1.807) is 6.08 Å². The lowest BCUT2D eigenvalue weighted by Gasteiger charge is -2.54. The van der Waals surface area contributed by atoms with Gasteiger partial charge in [0.05, 0.1) is 24.1 Å². The molecular formula is C21H21ClN2O3. The Labute approximate surface area is 163 Å². The van der Waals surface area contributed by atoms with E-state index < -0.39 is 10.8 Å². The van der Waals surface area contributed by atoms with Gasteiger partial charge in [0.1, 0.15) is 0 Å². The average molecular weight is 385 g/mol. The molecule has 1 unspecified atom stereocenters. The average Bonchev–Trinajstić information content (AvgIpc) is 3.24. The van der Waals surface area contributed by atoms with Crippen molar-refractivity contribution in [3.63, 3.8) is 0 Å². The summed E-state index contributed by atoms with van der Waals surface area (Å²) < 4.78 is 5.14. The number of alkyl halides is 1. The van der Waals surface area contributed by atoms with E-state index in [4.69, 9.17) is 16.3 Å². The zero-order chi connectivity index (χ0) is 19.0. The Morgan fingerprint density at radius 3 is 2.93 bits per heavy atom. The summed E-state index contributed by atoms with van der Waals surface area (Å²) in [7, 11) is 1.41. The van der Waals surface area contributed by atoms with Crippen molar-refractivity contribution in [3.8, 4) is 0 Å². The van der Waals surface area contributed by atoms with E-state index in [1.165, 1.54) is 7.11 Å². The number of fused-ring (bicyclic) bond motifs is 1. The standard InChI is InChI=1S/C21H21ClN2O3/c1-12(22)20-8-7-16(25)24-10-9-21(19(20)24)14-5-3-4-6-15(14)23-17(21)13(11-20)18(26)27-2/h3-8,12,19,23H,9-11H2,1-2H3/t12?,19-,20-,21-/m0/s1. The number of carbonyl (C=O) groups excluding carboxylic acids is 2. The van der Waals surface area contributed by atoms with Crippen molar-refractivity contribution < 1.29 is 14.3 Å². The second kappa shape index (κ2) is 5.38. The zero-order valence-electron chi connectivity index (χ0n) is 15.3. The molecule has 0 bridgehead atoms. The number of amides is 1. The molecule has 0 aromatic heterocycles. The van der Waals surface area contributed by atoms with Gasteiger partial charge in [-0.2, -0.15) is 0 Å². The minimum Gasteiger partial charge on any atom is -0.466 e. The van der Waals surface area contributed by atoms with Crippen molar-refractivity contribution in [2.45, 2.75) is 36.6 Å². The van der Waals surface area contributed by atoms with Crippen molar-refractivity contribution in [1.82, 2.24) is 4.90 Å². The summed E-state index contributed by atoms with van der Waals surface area (Å²) >= 11 is 6.77. The van der Waals surface area contributed by atoms with E-state index in [2.05, 4.69) is 11.4 Å². The number of rotatable bonds is 2. The molecular weight excluding hydrogens is 364 g/mol. The van der Waals surface area contributed by atoms with Crippen molar-refractivity contribution in [3.05, 3.63) is 53.3 Å². The third-order valence-corrected chi connectivity index (χ3v) is 7.33. The van der Waals surface area contributed by atoms with Gasteiger partial charge in [-0.25, -0.2) is 4.79 Å². The van der Waals surface area contributed by atoms with Gasteiger partial charge in [-0.15, -0.1) is 11.6 Å². The second-order valence-electron chi connectivity index (χ2n) is 7.91. The van der Waals surface area contributed by atoms with Crippen LogP contribution >= 0.6 is 11.6 Å². The first-order valence-corrected chi connectivity index (χ1v) is 9.72. The maximum absolute atomic E-state index is 12.8. The molecule has 140 valence electrons. The van der Waals surface area contributed by atoms with Crippen LogP contribution in [0.25, 0.3) is 0 Å². The fourth-order valence-electron chi connectivity index (χ4n) is 5.82. The number of para-hydroxylation sites is 1. The van der Waals surface area contributed by atoms with Gasteiger partial charge in [-0.05, 0) is 37.5 Å². The van der Waals surface area contributed by atoms with Crippen LogP contribution in [-0.4, -0.2) is 41.8 Å². The largest absolute Gasteiger partial charge is 0.466 e. The number of carbonyl (C=O) groups is 2. The summed E-state index contributed by atoms with van der Waals surface area (Å²) in [5.74, 6) is -0.307. The first kappa shape index (κ1) is 16.9. The molecule has 3 aliphatic heterocycles. The van der Waals surface area contributed by atoms with E-state index in [0.29, 0.717) is 18.5 Å². The van der Waals surface area contributed by atoms with Crippen molar-refractivity contribution in [2.24, 2.45) is 5.41 Å². The number of hydrogen-bond donors (Lipinski definition) is 1. The molecule has 6 heteroatoms. The fourth-order valence-corrected chi connectivity index (χ4v) is 6.09. The number of methoxy groups -OCH3 is 1. The molecule has 1 N–H and O–H groups in total. The molecule has 5 rings (SSSR count). The van der Waals surface area contributed by atoms with Crippen LogP contribution in [0.3, 0.4) is 0 Å². The minimum absolute atomic E-state index is 0.0232. The molecule has 27 heavy (non-hydrogen) atoms. The molecule has 0 radical (unpaired) electrons. The lowest BCUT2D eigenvalue weighted by Crippen LogP contribution is -2.62. The molecule has 4 atom stereocenters. The molecule has 1 spiro atoms. The fraction of sp³-hybridized carbons (Fsp3) is 0.429. The number of nitrogens with zero attached hydrogens (tertiary/aromatic N) is 1. The highest BCUT2D eigenvalue weighted by Gasteiger charge is 2.68. The van der Waals surface area contributed by atoms with Gasteiger partial charge in [0.25, 0.3) is 0 Å². The zero-order valence-corrected chi connectivity index (χ0v) is 16.0. The maximum Gasteiger partial charge on any atom is 0.335 e. The van der Waals surface area contributed by atoms with E-state index in [-0.39, 0.29) is 23.3 Å². The van der Waals surface area contributed by atoms with Gasteiger partial charge >= 0.3 is 5.97 Å². The number of halogens is 1. The van der Waals surface area contributed by atoms with Crippen LogP contribution < -0.4 is 5.32 Å². The van der Waals surface area contributed by atoms with Crippen molar-refractivity contribution >= 4 is 29.2 Å². The quantitative estimate of drug-likeness (QED) is 0.629. The van der Waals surface area contributed by atoms with E-state index >= 15 is 0 Å². The van der Waals surface area contributed by atoms with Crippen LogP contribution in [0.1, 0.15) is 25.3 Å². The number of esters is 1. The number of anilines is 1. The van der Waals surface area contributed by atoms with Gasteiger partial charge < -0.3 is 15.0 Å². The Bertz CT molecular complexity index is 937. The Kier molecular flexibility index (Phi) is 3.36. The van der Waals surface area contributed by atoms with Crippen LogP contribution in [-0.2, 0) is 19.7 Å². The smallest absolute Gasteiger partial charge is 0.335 e. The molecule has 0 saturated carbocycles. The summed E-state index contributed by atoms with van der Waals surface area (Å²) in [4.78, 5) is 27.4. The third-order valence-electron chi connectivity index (χ3n) is 6.92. The van der Waals surface area contributed by atoms with Crippen LogP contribution in [0.2, 0.25) is 0 Å². The second-order valence-corrected chi connectivity index (χ2v) is 8.56. The molecule has 1 amide bonds. The minimum atomic E-state index is -0.516. The topological polar surface area (TPSA) is 58.6 Å². The number of nitrogens with one attached hydrogen (secondary N) is 1. The Balaban J connectivity index is 1.86. The van der Waals surface area contributed by atoms with Gasteiger partial charge in [0, 0.05) is 28.7 Å². The monoisotopic (exact) mass is 384 g/mol. The SMILES string of the molecule is COC(=O)C1=C2Nc3ccccc3[C@@]23CCN2C(=O)C=C[C@@](C(C)Cl)(C1)[C@H]23. The first-order chi connectivity index (χ1) is 13.0. The van der Waals surface area contributed by atoms with Crippen LogP contribution in [0.15, 0.2) is 47.7 Å². The lowest BCUT2D eigenvalue weighted by molar-refractivity contribution is -0.137. The van der Waals surface area contributed by atoms with E-state index in [1.807, 2.05) is 36.1 Å².